The maximum atomic E-state index is 12.4. The van der Waals surface area contributed by atoms with Crippen LogP contribution in [0.15, 0.2) is 34.6 Å². The van der Waals surface area contributed by atoms with Gasteiger partial charge < -0.3 is 19.7 Å². The lowest BCUT2D eigenvalue weighted by molar-refractivity contribution is 0.279. The van der Waals surface area contributed by atoms with E-state index in [0.29, 0.717) is 17.8 Å². The molecule has 2 atom stereocenters. The second kappa shape index (κ2) is 9.39. The first-order valence-corrected chi connectivity index (χ1v) is 13.1. The Balaban J connectivity index is 1.24. The summed E-state index contributed by atoms with van der Waals surface area (Å²) in [5.41, 5.74) is 2.84. The fourth-order valence-electron chi connectivity index (χ4n) is 6.16. The average molecular weight is 462 g/mol. The minimum absolute atomic E-state index is 0.122. The zero-order valence-corrected chi connectivity index (χ0v) is 20.0. The van der Waals surface area contributed by atoms with Crippen molar-refractivity contribution in [2.45, 2.75) is 63.8 Å². The molecular formula is C26H35N7O. The van der Waals surface area contributed by atoms with E-state index in [-0.39, 0.29) is 5.56 Å². The van der Waals surface area contributed by atoms with Crippen molar-refractivity contribution in [2.24, 2.45) is 5.92 Å². The Morgan fingerprint density at radius 2 is 1.79 bits per heavy atom. The quantitative estimate of drug-likeness (QED) is 0.659. The molecule has 4 aliphatic rings. The van der Waals surface area contributed by atoms with Crippen molar-refractivity contribution < 1.29 is 0 Å². The predicted molar refractivity (Wildman–Crippen MR) is 135 cm³/mol. The number of pyridine rings is 1. The molecule has 2 unspecified atom stereocenters. The van der Waals surface area contributed by atoms with Crippen molar-refractivity contribution in [1.82, 2.24) is 19.5 Å². The lowest BCUT2D eigenvalue weighted by atomic mass is 9.83. The molecule has 8 heteroatoms. The summed E-state index contributed by atoms with van der Waals surface area (Å²) in [4.78, 5) is 31.7. The highest BCUT2D eigenvalue weighted by Crippen LogP contribution is 2.36. The molecule has 1 aliphatic carbocycles. The highest BCUT2D eigenvalue weighted by atomic mass is 16.1. The van der Waals surface area contributed by atoms with E-state index in [1.165, 1.54) is 38.5 Å². The van der Waals surface area contributed by atoms with Gasteiger partial charge in [-0.05, 0) is 63.4 Å². The Labute approximate surface area is 201 Å². The van der Waals surface area contributed by atoms with Crippen LogP contribution in [0.4, 0.5) is 17.8 Å². The van der Waals surface area contributed by atoms with Crippen LogP contribution in [-0.2, 0) is 6.54 Å². The number of anilines is 3. The molecule has 6 rings (SSSR count). The summed E-state index contributed by atoms with van der Waals surface area (Å²) in [6, 6.07) is 5.69. The van der Waals surface area contributed by atoms with Gasteiger partial charge in [-0.1, -0.05) is 17.7 Å². The van der Waals surface area contributed by atoms with Crippen LogP contribution in [-0.4, -0.2) is 52.2 Å². The monoisotopic (exact) mass is 461 g/mol. The molecule has 0 spiro atoms. The Morgan fingerprint density at radius 3 is 2.62 bits per heavy atom. The van der Waals surface area contributed by atoms with Crippen LogP contribution in [0, 0.1) is 5.92 Å². The number of hydrogen-bond acceptors (Lipinski definition) is 7. The van der Waals surface area contributed by atoms with Gasteiger partial charge in [-0.25, -0.2) is 0 Å². The van der Waals surface area contributed by atoms with E-state index in [4.69, 9.17) is 15.0 Å². The second-order valence-electron chi connectivity index (χ2n) is 10.3. The number of nitrogens with one attached hydrogen (secondary N) is 1. The summed E-state index contributed by atoms with van der Waals surface area (Å²) in [6.45, 7) is 5.39. The van der Waals surface area contributed by atoms with E-state index < -0.39 is 0 Å². The highest BCUT2D eigenvalue weighted by Gasteiger charge is 2.36. The average Bonchev–Trinajstić information content (AvgIpc) is 3.40. The topological polar surface area (TPSA) is 79.2 Å². The number of fused-ring (bicyclic) bond motifs is 4. The van der Waals surface area contributed by atoms with Gasteiger partial charge in [0, 0.05) is 56.9 Å². The van der Waals surface area contributed by atoms with Crippen LogP contribution >= 0.6 is 0 Å². The van der Waals surface area contributed by atoms with Crippen molar-refractivity contribution in [3.05, 3.63) is 45.9 Å². The van der Waals surface area contributed by atoms with Crippen molar-refractivity contribution in [3.63, 3.8) is 0 Å². The van der Waals surface area contributed by atoms with E-state index in [9.17, 15) is 4.79 Å². The Bertz CT molecular complexity index is 1120. The second-order valence-corrected chi connectivity index (χ2v) is 10.3. The van der Waals surface area contributed by atoms with E-state index in [1.807, 2.05) is 10.6 Å². The fraction of sp³-hybridized carbons (Fsp3) is 0.615. The molecule has 5 heterocycles. The number of piperidine rings is 1. The standard InChI is InChI=1S/C26H35N7O/c34-23-10-6-9-22-21-15-20(17-33(22)23)16-32(18-21)26-29-24(27-12-11-19-7-2-1-3-8-19)28-25(30-26)31-13-4-5-14-31/h6-7,9-10,20-21H,1-5,8,11-18H2,(H,27,28,29,30). The van der Waals surface area contributed by atoms with Gasteiger partial charge in [-0.2, -0.15) is 15.0 Å². The van der Waals surface area contributed by atoms with Crippen molar-refractivity contribution in [1.29, 1.82) is 0 Å². The third kappa shape index (κ3) is 4.42. The van der Waals surface area contributed by atoms with Crippen LogP contribution in [0.5, 0.6) is 0 Å². The van der Waals surface area contributed by atoms with E-state index in [1.54, 1.807) is 11.6 Å². The molecule has 8 nitrogen and oxygen atoms in total. The van der Waals surface area contributed by atoms with Gasteiger partial charge in [0.2, 0.25) is 17.8 Å². The minimum Gasteiger partial charge on any atom is -0.354 e. The summed E-state index contributed by atoms with van der Waals surface area (Å²) in [5, 5.41) is 3.51. The van der Waals surface area contributed by atoms with Crippen molar-refractivity contribution in [3.8, 4) is 0 Å². The highest BCUT2D eigenvalue weighted by molar-refractivity contribution is 5.47. The molecule has 2 saturated heterocycles. The smallest absolute Gasteiger partial charge is 0.250 e. The molecular weight excluding hydrogens is 426 g/mol. The molecule has 0 saturated carbocycles. The Hall–Kier alpha value is -2.90. The molecule has 2 aromatic rings. The number of allylic oxidation sites excluding steroid dienone is 1. The molecule has 0 amide bonds. The minimum atomic E-state index is 0.122. The van der Waals surface area contributed by atoms with Crippen molar-refractivity contribution in [2.75, 3.05) is 47.8 Å². The van der Waals surface area contributed by atoms with E-state index in [2.05, 4.69) is 27.3 Å². The zero-order valence-electron chi connectivity index (χ0n) is 20.0. The molecule has 3 aliphatic heterocycles. The third-order valence-corrected chi connectivity index (χ3v) is 7.88. The van der Waals surface area contributed by atoms with E-state index >= 15 is 0 Å². The molecule has 2 aromatic heterocycles. The van der Waals surface area contributed by atoms with Gasteiger partial charge in [0.25, 0.3) is 5.56 Å². The molecule has 0 radical (unpaired) electrons. The van der Waals surface area contributed by atoms with Gasteiger partial charge >= 0.3 is 0 Å². The first-order chi connectivity index (χ1) is 16.7. The van der Waals surface area contributed by atoms with Crippen LogP contribution < -0.4 is 20.7 Å². The number of hydrogen-bond donors (Lipinski definition) is 1. The summed E-state index contributed by atoms with van der Waals surface area (Å²) in [6.07, 6.45) is 12.1. The molecule has 180 valence electrons. The maximum absolute atomic E-state index is 12.4. The fourth-order valence-corrected chi connectivity index (χ4v) is 6.16. The molecule has 34 heavy (non-hydrogen) atoms. The Kier molecular flexibility index (Phi) is 5.97. The van der Waals surface area contributed by atoms with Crippen LogP contribution in [0.3, 0.4) is 0 Å². The summed E-state index contributed by atoms with van der Waals surface area (Å²) < 4.78 is 1.98. The predicted octanol–water partition coefficient (Wildman–Crippen LogP) is 3.56. The van der Waals surface area contributed by atoms with Gasteiger partial charge in [-0.15, -0.1) is 0 Å². The third-order valence-electron chi connectivity index (χ3n) is 7.88. The van der Waals surface area contributed by atoms with Gasteiger partial charge in [0.05, 0.1) is 0 Å². The first kappa shape index (κ1) is 21.6. The maximum Gasteiger partial charge on any atom is 0.250 e. The van der Waals surface area contributed by atoms with Gasteiger partial charge in [0.15, 0.2) is 0 Å². The van der Waals surface area contributed by atoms with E-state index in [0.717, 1.165) is 69.7 Å². The Morgan fingerprint density at radius 1 is 0.941 bits per heavy atom. The number of aromatic nitrogens is 4. The molecule has 0 aromatic carbocycles. The lowest BCUT2D eigenvalue weighted by Gasteiger charge is -2.42. The SMILES string of the molecule is O=c1cccc2n1CC1CC2CN(c2nc(NCCC3=CCCCC3)nc(N3CCCC3)n2)C1. The van der Waals surface area contributed by atoms with Gasteiger partial charge in [-0.3, -0.25) is 4.79 Å². The summed E-state index contributed by atoms with van der Waals surface area (Å²) >= 11 is 0. The normalized spacial score (nSPS) is 24.1. The molecule has 1 N–H and O–H groups in total. The number of nitrogens with zero attached hydrogens (tertiary/aromatic N) is 6. The van der Waals surface area contributed by atoms with Crippen LogP contribution in [0.2, 0.25) is 0 Å². The lowest BCUT2D eigenvalue weighted by Crippen LogP contribution is -2.47. The summed E-state index contributed by atoms with van der Waals surface area (Å²) in [7, 11) is 0. The number of rotatable bonds is 6. The first-order valence-electron chi connectivity index (χ1n) is 13.1. The van der Waals surface area contributed by atoms with Gasteiger partial charge in [0.1, 0.15) is 0 Å². The van der Waals surface area contributed by atoms with Crippen molar-refractivity contribution >= 4 is 17.8 Å². The largest absolute Gasteiger partial charge is 0.354 e. The molecule has 2 fully saturated rings. The van der Waals surface area contributed by atoms with Crippen LogP contribution in [0.1, 0.15) is 63.0 Å². The molecule has 2 bridgehead atoms. The van der Waals surface area contributed by atoms with Crippen LogP contribution in [0.25, 0.3) is 0 Å². The zero-order chi connectivity index (χ0) is 22.9. The summed E-state index contributed by atoms with van der Waals surface area (Å²) in [5.74, 6) is 3.04.